The SMILES string of the molecule is C=CC(=O)N1CCC(Nc2cc3c(Nc4ccc(Oc5ccnc(N6CCN(C)[C@H](C)C6)c5)cc4F)ncnc3cc2OC)CC1. The summed E-state index contributed by atoms with van der Waals surface area (Å²) in [5.41, 5.74) is 1.67. The van der Waals surface area contributed by atoms with Gasteiger partial charge in [0.2, 0.25) is 5.91 Å². The summed E-state index contributed by atoms with van der Waals surface area (Å²) >= 11 is 0. The minimum Gasteiger partial charge on any atom is -0.495 e. The zero-order valence-corrected chi connectivity index (χ0v) is 26.4. The molecule has 6 rings (SSSR count). The van der Waals surface area contributed by atoms with Crippen LogP contribution < -0.4 is 25.0 Å². The van der Waals surface area contributed by atoms with Gasteiger partial charge in [-0.2, -0.15) is 0 Å². The highest BCUT2D eigenvalue weighted by atomic mass is 19.1. The van der Waals surface area contributed by atoms with Crippen molar-refractivity contribution < 1.29 is 18.7 Å². The molecule has 0 spiro atoms. The van der Waals surface area contributed by atoms with E-state index in [4.69, 9.17) is 9.47 Å². The topological polar surface area (TPSA) is 108 Å². The number of methoxy groups -OCH3 is 1. The van der Waals surface area contributed by atoms with E-state index in [1.54, 1.807) is 36.4 Å². The van der Waals surface area contributed by atoms with E-state index < -0.39 is 5.82 Å². The average molecular weight is 627 g/mol. The third kappa shape index (κ3) is 6.81. The number of hydrogen-bond donors (Lipinski definition) is 2. The summed E-state index contributed by atoms with van der Waals surface area (Å²) in [6, 6.07) is 12.7. The van der Waals surface area contributed by atoms with Gasteiger partial charge in [0.1, 0.15) is 41.0 Å². The Labute approximate surface area is 268 Å². The number of ether oxygens (including phenoxy) is 2. The summed E-state index contributed by atoms with van der Waals surface area (Å²) in [4.78, 5) is 31.7. The predicted octanol–water partition coefficient (Wildman–Crippen LogP) is 5.44. The molecule has 2 aromatic heterocycles. The lowest BCUT2D eigenvalue weighted by Crippen LogP contribution is -2.50. The standard InChI is InChI=1S/C34H39FN8O3/c1-5-33(44)42-12-9-23(10-13-42)39-30-18-26-29(19-31(30)45-4)37-21-38-34(26)40-28-7-6-24(16-27(28)35)46-25-8-11-36-32(17-25)43-15-14-41(3)22(2)20-43/h5-8,11,16-19,21-23,39H,1,9-10,12-15,20H2,2-4H3,(H,37,38,40)/t22-/m1/s1. The van der Waals surface area contributed by atoms with Crippen LogP contribution in [0.3, 0.4) is 0 Å². The largest absolute Gasteiger partial charge is 0.495 e. The number of likely N-dealkylation sites (N-methyl/N-ethyl adjacent to an activating group) is 1. The van der Waals surface area contributed by atoms with E-state index in [0.29, 0.717) is 53.1 Å². The minimum absolute atomic E-state index is 0.0520. The predicted molar refractivity (Wildman–Crippen MR) is 178 cm³/mol. The van der Waals surface area contributed by atoms with E-state index in [9.17, 15) is 4.79 Å². The van der Waals surface area contributed by atoms with Crippen LogP contribution >= 0.6 is 0 Å². The molecule has 2 aromatic carbocycles. The van der Waals surface area contributed by atoms with E-state index in [-0.39, 0.29) is 17.6 Å². The summed E-state index contributed by atoms with van der Waals surface area (Å²) in [6.45, 7) is 9.79. The Morgan fingerprint density at radius 2 is 1.83 bits per heavy atom. The molecule has 2 aliphatic heterocycles. The molecular formula is C34H39FN8O3. The van der Waals surface area contributed by atoms with Crippen molar-refractivity contribution in [2.75, 3.05) is 62.4 Å². The number of carbonyl (C=O) groups is 1. The van der Waals surface area contributed by atoms with Gasteiger partial charge in [-0.15, -0.1) is 0 Å². The number of carbonyl (C=O) groups excluding carboxylic acids is 1. The van der Waals surface area contributed by atoms with Gasteiger partial charge in [0, 0.05) is 74.6 Å². The van der Waals surface area contributed by atoms with Gasteiger partial charge in [0.15, 0.2) is 0 Å². The van der Waals surface area contributed by atoms with Crippen molar-refractivity contribution in [3.8, 4) is 17.2 Å². The Morgan fingerprint density at radius 3 is 2.57 bits per heavy atom. The van der Waals surface area contributed by atoms with Gasteiger partial charge in [0.05, 0.1) is 24.0 Å². The molecule has 2 N–H and O–H groups in total. The van der Waals surface area contributed by atoms with E-state index in [1.807, 2.05) is 18.2 Å². The zero-order chi connectivity index (χ0) is 32.2. The molecule has 2 saturated heterocycles. The first kappa shape index (κ1) is 31.0. The van der Waals surface area contributed by atoms with Gasteiger partial charge >= 0.3 is 0 Å². The molecule has 4 aromatic rings. The fraction of sp³-hybridized carbons (Fsp3) is 0.353. The molecule has 1 atom stereocenters. The zero-order valence-electron chi connectivity index (χ0n) is 26.4. The summed E-state index contributed by atoms with van der Waals surface area (Å²) in [6.07, 6.45) is 6.07. The van der Waals surface area contributed by atoms with E-state index in [0.717, 1.165) is 44.0 Å². The third-order valence-corrected chi connectivity index (χ3v) is 8.73. The Morgan fingerprint density at radius 1 is 1.02 bits per heavy atom. The molecule has 0 saturated carbocycles. The van der Waals surface area contributed by atoms with Crippen molar-refractivity contribution in [1.29, 1.82) is 0 Å². The molecule has 1 amide bonds. The van der Waals surface area contributed by atoms with Gasteiger partial charge in [0.25, 0.3) is 0 Å². The normalized spacial score (nSPS) is 17.5. The first-order chi connectivity index (χ1) is 22.3. The Bertz CT molecular complexity index is 1730. The van der Waals surface area contributed by atoms with Crippen LogP contribution in [0.15, 0.2) is 67.6 Å². The van der Waals surface area contributed by atoms with Crippen LogP contribution in [-0.4, -0.2) is 89.6 Å². The van der Waals surface area contributed by atoms with Crippen molar-refractivity contribution in [2.45, 2.75) is 31.8 Å². The molecule has 240 valence electrons. The van der Waals surface area contributed by atoms with Crippen LogP contribution in [0.5, 0.6) is 17.2 Å². The van der Waals surface area contributed by atoms with Gasteiger partial charge in [-0.25, -0.2) is 19.3 Å². The summed E-state index contributed by atoms with van der Waals surface area (Å²) in [5.74, 6) is 2.35. The number of likely N-dealkylation sites (tertiary alicyclic amines) is 1. The van der Waals surface area contributed by atoms with Crippen LogP contribution in [0.4, 0.5) is 27.4 Å². The van der Waals surface area contributed by atoms with Crippen LogP contribution in [0.2, 0.25) is 0 Å². The fourth-order valence-electron chi connectivity index (χ4n) is 5.88. The highest BCUT2D eigenvalue weighted by Gasteiger charge is 2.24. The summed E-state index contributed by atoms with van der Waals surface area (Å²) in [5, 5.41) is 7.40. The lowest BCUT2D eigenvalue weighted by molar-refractivity contribution is -0.126. The Kier molecular flexibility index (Phi) is 9.16. The maximum absolute atomic E-state index is 15.4. The monoisotopic (exact) mass is 626 g/mol. The lowest BCUT2D eigenvalue weighted by Gasteiger charge is -2.38. The van der Waals surface area contributed by atoms with Gasteiger partial charge in [-0.05, 0) is 57.2 Å². The van der Waals surface area contributed by atoms with Crippen molar-refractivity contribution >= 4 is 39.8 Å². The molecule has 46 heavy (non-hydrogen) atoms. The maximum Gasteiger partial charge on any atom is 0.245 e. The van der Waals surface area contributed by atoms with E-state index in [2.05, 4.69) is 55.9 Å². The van der Waals surface area contributed by atoms with Gasteiger partial charge < -0.3 is 34.8 Å². The quantitative estimate of drug-likeness (QED) is 0.233. The van der Waals surface area contributed by atoms with Crippen molar-refractivity contribution in [2.24, 2.45) is 0 Å². The molecule has 4 heterocycles. The lowest BCUT2D eigenvalue weighted by atomic mass is 10.0. The highest BCUT2D eigenvalue weighted by Crippen LogP contribution is 2.35. The number of rotatable bonds is 9. The minimum atomic E-state index is -0.487. The van der Waals surface area contributed by atoms with Crippen molar-refractivity contribution in [3.63, 3.8) is 0 Å². The van der Waals surface area contributed by atoms with Gasteiger partial charge in [-0.3, -0.25) is 4.79 Å². The molecule has 11 nitrogen and oxygen atoms in total. The molecule has 2 fully saturated rings. The average Bonchev–Trinajstić information content (AvgIpc) is 3.07. The molecule has 0 radical (unpaired) electrons. The Hall–Kier alpha value is -4.97. The number of nitrogens with one attached hydrogen (secondary N) is 2. The number of piperazine rings is 1. The molecule has 0 unspecified atom stereocenters. The molecule has 2 aliphatic rings. The number of pyridine rings is 1. The number of halogens is 1. The summed E-state index contributed by atoms with van der Waals surface area (Å²) < 4.78 is 27.1. The molecular weight excluding hydrogens is 587 g/mol. The second kappa shape index (κ2) is 13.6. The molecule has 0 bridgehead atoms. The number of nitrogens with zero attached hydrogens (tertiary/aromatic N) is 6. The van der Waals surface area contributed by atoms with Crippen LogP contribution in [0.25, 0.3) is 10.9 Å². The van der Waals surface area contributed by atoms with Crippen molar-refractivity contribution in [1.82, 2.24) is 24.8 Å². The van der Waals surface area contributed by atoms with Crippen LogP contribution in [-0.2, 0) is 4.79 Å². The first-order valence-electron chi connectivity index (χ1n) is 15.5. The fourth-order valence-corrected chi connectivity index (χ4v) is 5.88. The first-order valence-corrected chi connectivity index (χ1v) is 15.5. The number of hydrogen-bond acceptors (Lipinski definition) is 10. The number of anilines is 4. The van der Waals surface area contributed by atoms with Gasteiger partial charge in [-0.1, -0.05) is 6.58 Å². The molecule has 12 heteroatoms. The smallest absolute Gasteiger partial charge is 0.245 e. The summed E-state index contributed by atoms with van der Waals surface area (Å²) in [7, 11) is 3.74. The van der Waals surface area contributed by atoms with Crippen molar-refractivity contribution in [3.05, 3.63) is 73.5 Å². The highest BCUT2D eigenvalue weighted by molar-refractivity contribution is 5.95. The molecule has 0 aliphatic carbocycles. The van der Waals surface area contributed by atoms with Crippen LogP contribution in [0.1, 0.15) is 19.8 Å². The van der Waals surface area contributed by atoms with Crippen LogP contribution in [0, 0.1) is 5.82 Å². The maximum atomic E-state index is 15.4. The third-order valence-electron chi connectivity index (χ3n) is 8.73. The number of piperidine rings is 1. The number of aromatic nitrogens is 3. The number of fused-ring (bicyclic) bond motifs is 1. The van der Waals surface area contributed by atoms with E-state index in [1.165, 1.54) is 18.5 Å². The Balaban J connectivity index is 1.17. The second-order valence-electron chi connectivity index (χ2n) is 11.7. The number of benzene rings is 2. The van der Waals surface area contributed by atoms with E-state index >= 15 is 4.39 Å². The number of amides is 1. The second-order valence-corrected chi connectivity index (χ2v) is 11.7.